The van der Waals surface area contributed by atoms with Crippen LogP contribution in [0.3, 0.4) is 0 Å². The van der Waals surface area contributed by atoms with Crippen LogP contribution in [0.15, 0.2) is 53.7 Å². The quantitative estimate of drug-likeness (QED) is 0.294. The first-order chi connectivity index (χ1) is 17.8. The third-order valence-corrected chi connectivity index (χ3v) is 9.63. The van der Waals surface area contributed by atoms with Crippen LogP contribution in [0, 0.1) is 5.92 Å². The highest BCUT2D eigenvalue weighted by Crippen LogP contribution is 2.43. The fourth-order valence-corrected chi connectivity index (χ4v) is 6.80. The van der Waals surface area contributed by atoms with Crippen LogP contribution in [-0.4, -0.2) is 60.8 Å². The molecule has 192 valence electrons. The summed E-state index contributed by atoms with van der Waals surface area (Å²) in [5.41, 5.74) is 3.63. The third-order valence-electron chi connectivity index (χ3n) is 7.48. The summed E-state index contributed by atoms with van der Waals surface area (Å²) in [6.07, 6.45) is 1.35. The Hall–Kier alpha value is -3.15. The monoisotopic (exact) mass is 538 g/mol. The first kappa shape index (κ1) is 24.2. The van der Waals surface area contributed by atoms with Gasteiger partial charge in [0.1, 0.15) is 17.4 Å². The molecule has 3 aliphatic carbocycles. The normalized spacial score (nSPS) is 27.6. The molecule has 2 aromatic carbocycles. The largest absolute Gasteiger partial charge is 0.391 e. The van der Waals surface area contributed by atoms with E-state index in [0.717, 1.165) is 28.0 Å². The van der Waals surface area contributed by atoms with Gasteiger partial charge in [-0.1, -0.05) is 65.9 Å². The van der Waals surface area contributed by atoms with Crippen LogP contribution < -0.4 is 15.4 Å². The smallest absolute Gasteiger partial charge is 0.259 e. The van der Waals surface area contributed by atoms with E-state index in [-0.39, 0.29) is 12.5 Å². The zero-order valence-corrected chi connectivity index (χ0v) is 21.5. The maximum Gasteiger partial charge on any atom is 0.259 e. The molecule has 3 fully saturated rings. The number of hydrogen-bond acceptors (Lipinski definition) is 8. The maximum absolute atomic E-state index is 13.1. The fourth-order valence-electron chi connectivity index (χ4n) is 5.11. The zero-order chi connectivity index (χ0) is 25.8. The van der Waals surface area contributed by atoms with E-state index in [1.165, 1.54) is 5.37 Å². The van der Waals surface area contributed by atoms with Gasteiger partial charge in [0.25, 0.3) is 5.91 Å². The molecule has 1 heterocycles. The van der Waals surface area contributed by atoms with Crippen molar-refractivity contribution in [3.63, 3.8) is 0 Å². The summed E-state index contributed by atoms with van der Waals surface area (Å²) < 4.78 is 26.7. The van der Waals surface area contributed by atoms with Crippen molar-refractivity contribution in [1.29, 1.82) is 0 Å². The molecule has 6 rings (SSSR count). The number of nitrogens with one attached hydrogen (secondary N) is 3. The maximum atomic E-state index is 13.1. The Labute approximate surface area is 220 Å². The van der Waals surface area contributed by atoms with Crippen molar-refractivity contribution in [2.45, 2.75) is 48.6 Å². The van der Waals surface area contributed by atoms with Gasteiger partial charge in [0.15, 0.2) is 0 Å². The minimum atomic E-state index is -3.73. The predicted molar refractivity (Wildman–Crippen MR) is 142 cm³/mol. The van der Waals surface area contributed by atoms with Crippen molar-refractivity contribution < 1.29 is 22.8 Å². The van der Waals surface area contributed by atoms with Crippen molar-refractivity contribution in [1.82, 2.24) is 15.4 Å². The number of benzene rings is 2. The van der Waals surface area contributed by atoms with Crippen molar-refractivity contribution in [3.8, 4) is 11.1 Å². The molecule has 4 aliphatic rings. The third kappa shape index (κ3) is 4.34. The van der Waals surface area contributed by atoms with Gasteiger partial charge in [-0.3, -0.25) is 14.3 Å². The second-order valence-corrected chi connectivity index (χ2v) is 12.3. The highest BCUT2D eigenvalue weighted by atomic mass is 32.2. The lowest BCUT2D eigenvalue weighted by atomic mass is 10.1. The molecule has 9 nitrogen and oxygen atoms in total. The van der Waals surface area contributed by atoms with Gasteiger partial charge in [0, 0.05) is 30.0 Å². The van der Waals surface area contributed by atoms with E-state index >= 15 is 0 Å². The number of rotatable bonds is 8. The molecule has 37 heavy (non-hydrogen) atoms. The first-order valence-electron chi connectivity index (χ1n) is 12.3. The number of nitrogens with zero attached hydrogens (tertiary/aromatic N) is 1. The summed E-state index contributed by atoms with van der Waals surface area (Å²) in [5.74, 6) is -1.52. The topological polar surface area (TPSA) is 126 Å². The van der Waals surface area contributed by atoms with E-state index in [1.54, 1.807) is 0 Å². The second kappa shape index (κ2) is 9.00. The number of oxime groups is 1. The Morgan fingerprint density at radius 1 is 1.05 bits per heavy atom. The lowest BCUT2D eigenvalue weighted by Crippen LogP contribution is -2.55. The number of carbonyl (C=O) groups excluding carboxylic acids is 2. The number of sulfonamides is 1. The van der Waals surface area contributed by atoms with E-state index in [9.17, 15) is 18.0 Å². The average molecular weight is 539 g/mol. The highest BCUT2D eigenvalue weighted by molar-refractivity contribution is 7.91. The van der Waals surface area contributed by atoms with Gasteiger partial charge in [-0.15, -0.1) is 0 Å². The van der Waals surface area contributed by atoms with E-state index in [1.807, 2.05) is 36.4 Å². The average Bonchev–Trinajstić information content (AvgIpc) is 3.79. The standard InChI is InChI=1S/C26H26N4O5S2/c31-24(28-26(12-15(26)14-36)25(32)30-37(33,34)17-9-10-17)22-11-16(13-27-22)35-29-23-20-7-3-1-5-18(20)19-6-2-4-8-21(19)23/h1-8,14-17,22,27H,9-13H2,(H,28,31)(H,30,32)/t15-,16+,22-,26+/m0/s1. The van der Waals surface area contributed by atoms with Crippen molar-refractivity contribution >= 4 is 45.1 Å². The number of thiocarbonyl (C=S) groups is 1. The van der Waals surface area contributed by atoms with Gasteiger partial charge in [-0.2, -0.15) is 0 Å². The summed E-state index contributed by atoms with van der Waals surface area (Å²) in [6, 6.07) is 15.4. The first-order valence-corrected chi connectivity index (χ1v) is 14.3. The number of amides is 2. The molecule has 1 aliphatic heterocycles. The molecule has 0 aromatic heterocycles. The van der Waals surface area contributed by atoms with Crippen LogP contribution in [0.25, 0.3) is 11.1 Å². The van der Waals surface area contributed by atoms with Crippen molar-refractivity contribution in [2.24, 2.45) is 11.1 Å². The Morgan fingerprint density at radius 2 is 1.68 bits per heavy atom. The lowest BCUT2D eigenvalue weighted by Gasteiger charge is -2.20. The fraction of sp³-hybridized carbons (Fsp3) is 0.385. The molecule has 0 radical (unpaired) electrons. The Morgan fingerprint density at radius 3 is 2.24 bits per heavy atom. The highest BCUT2D eigenvalue weighted by Gasteiger charge is 2.61. The van der Waals surface area contributed by atoms with Gasteiger partial charge < -0.3 is 15.5 Å². The van der Waals surface area contributed by atoms with Gasteiger partial charge in [-0.25, -0.2) is 8.42 Å². The van der Waals surface area contributed by atoms with E-state index in [2.05, 4.69) is 32.6 Å². The second-order valence-electron chi connectivity index (χ2n) is 10.0. The van der Waals surface area contributed by atoms with Crippen LogP contribution in [-0.2, 0) is 24.4 Å². The number of hydrogen-bond donors (Lipinski definition) is 3. The molecule has 2 amide bonds. The minimum absolute atomic E-state index is 0.271. The summed E-state index contributed by atoms with van der Waals surface area (Å²) in [6.45, 7) is 0.407. The number of carbonyl (C=O) groups is 2. The molecule has 3 N–H and O–H groups in total. The Kier molecular flexibility index (Phi) is 5.89. The van der Waals surface area contributed by atoms with Crippen molar-refractivity contribution in [2.75, 3.05) is 6.54 Å². The molecular weight excluding hydrogens is 512 g/mol. The molecule has 0 spiro atoms. The molecular formula is C26H26N4O5S2. The minimum Gasteiger partial charge on any atom is -0.391 e. The lowest BCUT2D eigenvalue weighted by molar-refractivity contribution is -0.130. The number of fused-ring (bicyclic) bond motifs is 3. The zero-order valence-electron chi connectivity index (χ0n) is 19.8. The molecule has 2 aromatic rings. The SMILES string of the molecule is O=C(N[C@]1(C(=O)NS(=O)(=O)C2CC2)C[C@H]1C=S)[C@@H]1C[C@@H](ON=C2c3ccccc3-c3ccccc32)CN1. The van der Waals surface area contributed by atoms with Crippen molar-refractivity contribution in [3.05, 3.63) is 59.7 Å². The molecule has 0 bridgehead atoms. The van der Waals surface area contributed by atoms with Crippen LogP contribution in [0.4, 0.5) is 0 Å². The van der Waals surface area contributed by atoms with Gasteiger partial charge in [-0.05, 0) is 35.8 Å². The van der Waals surface area contributed by atoms with Gasteiger partial charge in [0.05, 0.1) is 11.3 Å². The van der Waals surface area contributed by atoms with Crippen LogP contribution in [0.2, 0.25) is 0 Å². The molecule has 2 saturated carbocycles. The van der Waals surface area contributed by atoms with Gasteiger partial charge in [0.2, 0.25) is 15.9 Å². The summed E-state index contributed by atoms with van der Waals surface area (Å²) in [4.78, 5) is 31.8. The van der Waals surface area contributed by atoms with E-state index < -0.39 is 44.6 Å². The summed E-state index contributed by atoms with van der Waals surface area (Å²) >= 11 is 5.01. The van der Waals surface area contributed by atoms with Crippen LogP contribution in [0.5, 0.6) is 0 Å². The predicted octanol–water partition coefficient (Wildman–Crippen LogP) is 1.65. The van der Waals surface area contributed by atoms with Gasteiger partial charge >= 0.3 is 0 Å². The molecule has 11 heteroatoms. The van der Waals surface area contributed by atoms with Crippen LogP contribution in [0.1, 0.15) is 36.8 Å². The molecule has 4 atom stereocenters. The van der Waals surface area contributed by atoms with E-state index in [0.29, 0.717) is 25.8 Å². The van der Waals surface area contributed by atoms with E-state index in [4.69, 9.17) is 17.1 Å². The van der Waals surface area contributed by atoms with Crippen LogP contribution >= 0.6 is 12.2 Å². The Balaban J connectivity index is 1.11. The Bertz CT molecular complexity index is 1390. The summed E-state index contributed by atoms with van der Waals surface area (Å²) in [5, 5.41) is 11.2. The summed E-state index contributed by atoms with van der Waals surface area (Å²) in [7, 11) is -3.73. The molecule has 0 unspecified atom stereocenters. The molecule has 1 saturated heterocycles.